The van der Waals surface area contributed by atoms with E-state index in [9.17, 15) is 14.4 Å². The molecule has 1 saturated heterocycles. The van der Waals surface area contributed by atoms with Crippen molar-refractivity contribution in [3.05, 3.63) is 78.4 Å². The van der Waals surface area contributed by atoms with Crippen LogP contribution in [-0.2, 0) is 15.1 Å². The summed E-state index contributed by atoms with van der Waals surface area (Å²) >= 11 is 0. The minimum Gasteiger partial charge on any atom is -0.324 e. The summed E-state index contributed by atoms with van der Waals surface area (Å²) in [6.45, 7) is 1.49. The van der Waals surface area contributed by atoms with Gasteiger partial charge in [0.1, 0.15) is 12.1 Å². The Hall–Kier alpha value is -3.67. The van der Waals surface area contributed by atoms with E-state index >= 15 is 0 Å². The lowest BCUT2D eigenvalue weighted by molar-refractivity contribution is -0.134. The van der Waals surface area contributed by atoms with Crippen molar-refractivity contribution in [2.75, 3.05) is 11.9 Å². The standard InChI is InChI=1S/C23H21N3O3/c1-2-23(17-11-4-3-5-12-17)21(28)26(22(29)25-23)15-20(27)24-19-14-8-10-16-9-6-7-13-18(16)19/h3-14H,2,15H2,1H3,(H,24,27)(H,25,29)/t23-/m0/s1. The van der Waals surface area contributed by atoms with Gasteiger partial charge in [-0.05, 0) is 23.4 Å². The van der Waals surface area contributed by atoms with Crippen LogP contribution in [0.25, 0.3) is 10.8 Å². The molecular weight excluding hydrogens is 366 g/mol. The van der Waals surface area contributed by atoms with Crippen LogP contribution in [0.2, 0.25) is 0 Å². The summed E-state index contributed by atoms with van der Waals surface area (Å²) in [5.41, 5.74) is 0.209. The zero-order chi connectivity index (χ0) is 20.4. The molecule has 0 aliphatic carbocycles. The number of carbonyl (C=O) groups is 3. The monoisotopic (exact) mass is 387 g/mol. The van der Waals surface area contributed by atoms with E-state index in [-0.39, 0.29) is 6.54 Å². The lowest BCUT2D eigenvalue weighted by Crippen LogP contribution is -2.44. The third-order valence-corrected chi connectivity index (χ3v) is 5.34. The molecule has 0 bridgehead atoms. The van der Waals surface area contributed by atoms with E-state index in [0.29, 0.717) is 17.7 Å². The molecule has 2 N–H and O–H groups in total. The Kier molecular flexibility index (Phi) is 4.76. The molecule has 0 spiro atoms. The molecule has 29 heavy (non-hydrogen) atoms. The van der Waals surface area contributed by atoms with Crippen molar-refractivity contribution in [3.8, 4) is 0 Å². The summed E-state index contributed by atoms with van der Waals surface area (Å²) in [5.74, 6) is -0.839. The average Bonchev–Trinajstić information content (AvgIpc) is 3.00. The Morgan fingerprint density at radius 2 is 1.66 bits per heavy atom. The topological polar surface area (TPSA) is 78.5 Å². The highest BCUT2D eigenvalue weighted by atomic mass is 16.2. The normalized spacial score (nSPS) is 18.7. The number of hydrogen-bond acceptors (Lipinski definition) is 3. The van der Waals surface area contributed by atoms with Gasteiger partial charge in [-0.1, -0.05) is 73.7 Å². The zero-order valence-corrected chi connectivity index (χ0v) is 16.0. The van der Waals surface area contributed by atoms with Gasteiger partial charge in [0, 0.05) is 11.1 Å². The molecule has 4 rings (SSSR count). The Bertz CT molecular complexity index is 1090. The number of nitrogens with zero attached hydrogens (tertiary/aromatic N) is 1. The molecular formula is C23H21N3O3. The summed E-state index contributed by atoms with van der Waals surface area (Å²) in [4.78, 5) is 39.3. The maximum atomic E-state index is 13.1. The van der Waals surface area contributed by atoms with Gasteiger partial charge in [0.15, 0.2) is 0 Å². The Morgan fingerprint density at radius 1 is 0.966 bits per heavy atom. The molecule has 6 nitrogen and oxygen atoms in total. The smallest absolute Gasteiger partial charge is 0.324 e. The maximum absolute atomic E-state index is 13.1. The first-order chi connectivity index (χ1) is 14.0. The number of rotatable bonds is 5. The van der Waals surface area contributed by atoms with Gasteiger partial charge in [0.05, 0.1) is 0 Å². The highest BCUT2D eigenvalue weighted by Crippen LogP contribution is 2.32. The second kappa shape index (κ2) is 7.39. The fourth-order valence-corrected chi connectivity index (χ4v) is 3.80. The van der Waals surface area contributed by atoms with Crippen LogP contribution in [0.5, 0.6) is 0 Å². The third kappa shape index (κ3) is 3.23. The number of urea groups is 1. The van der Waals surface area contributed by atoms with Gasteiger partial charge in [-0.3, -0.25) is 14.5 Å². The molecule has 1 aliphatic rings. The molecule has 1 atom stereocenters. The summed E-state index contributed by atoms with van der Waals surface area (Å²) in [6.07, 6.45) is 0.392. The fraction of sp³-hybridized carbons (Fsp3) is 0.174. The van der Waals surface area contributed by atoms with Crippen LogP contribution in [0.3, 0.4) is 0 Å². The van der Waals surface area contributed by atoms with E-state index in [4.69, 9.17) is 0 Å². The number of fused-ring (bicyclic) bond motifs is 1. The third-order valence-electron chi connectivity index (χ3n) is 5.34. The van der Waals surface area contributed by atoms with E-state index in [2.05, 4.69) is 10.6 Å². The average molecular weight is 387 g/mol. The summed E-state index contributed by atoms with van der Waals surface area (Å²) in [6, 6.07) is 21.8. The van der Waals surface area contributed by atoms with Gasteiger partial charge in [-0.15, -0.1) is 0 Å². The number of hydrogen-bond donors (Lipinski definition) is 2. The fourth-order valence-electron chi connectivity index (χ4n) is 3.80. The van der Waals surface area contributed by atoms with Crippen molar-refractivity contribution in [2.45, 2.75) is 18.9 Å². The van der Waals surface area contributed by atoms with Crippen LogP contribution < -0.4 is 10.6 Å². The lowest BCUT2D eigenvalue weighted by Gasteiger charge is -2.25. The molecule has 1 fully saturated rings. The SMILES string of the molecule is CC[C@@]1(c2ccccc2)NC(=O)N(CC(=O)Nc2cccc3ccccc23)C1=O. The Balaban J connectivity index is 1.55. The van der Waals surface area contributed by atoms with E-state index in [1.807, 2.05) is 61.5 Å². The molecule has 0 radical (unpaired) electrons. The van der Waals surface area contributed by atoms with Crippen molar-refractivity contribution in [2.24, 2.45) is 0 Å². The van der Waals surface area contributed by atoms with Crippen molar-refractivity contribution in [3.63, 3.8) is 0 Å². The maximum Gasteiger partial charge on any atom is 0.325 e. The first-order valence-electron chi connectivity index (χ1n) is 9.52. The second-order valence-electron chi connectivity index (χ2n) is 7.02. The first kappa shape index (κ1) is 18.7. The van der Waals surface area contributed by atoms with E-state index in [1.165, 1.54) is 0 Å². The van der Waals surface area contributed by atoms with Gasteiger partial charge in [-0.2, -0.15) is 0 Å². The van der Waals surface area contributed by atoms with E-state index < -0.39 is 23.4 Å². The van der Waals surface area contributed by atoms with Crippen molar-refractivity contribution in [1.29, 1.82) is 0 Å². The van der Waals surface area contributed by atoms with Crippen LogP contribution in [0.4, 0.5) is 10.5 Å². The number of amides is 4. The van der Waals surface area contributed by atoms with Crippen LogP contribution in [0, 0.1) is 0 Å². The van der Waals surface area contributed by atoms with Gasteiger partial charge in [0.25, 0.3) is 5.91 Å². The summed E-state index contributed by atoms with van der Waals surface area (Å²) in [7, 11) is 0. The number of benzene rings is 3. The lowest BCUT2D eigenvalue weighted by atomic mass is 9.87. The number of anilines is 1. The largest absolute Gasteiger partial charge is 0.325 e. The molecule has 0 aromatic heterocycles. The first-order valence-corrected chi connectivity index (χ1v) is 9.52. The summed E-state index contributed by atoms with van der Waals surface area (Å²) < 4.78 is 0. The van der Waals surface area contributed by atoms with Gasteiger partial charge >= 0.3 is 6.03 Å². The minimum atomic E-state index is -1.14. The van der Waals surface area contributed by atoms with Crippen molar-refractivity contribution >= 4 is 34.3 Å². The molecule has 0 saturated carbocycles. The van der Waals surface area contributed by atoms with Crippen molar-refractivity contribution < 1.29 is 14.4 Å². The predicted molar refractivity (Wildman–Crippen MR) is 111 cm³/mol. The van der Waals surface area contributed by atoms with Crippen LogP contribution in [0.15, 0.2) is 72.8 Å². The van der Waals surface area contributed by atoms with Crippen LogP contribution in [0.1, 0.15) is 18.9 Å². The van der Waals surface area contributed by atoms with E-state index in [1.54, 1.807) is 18.2 Å². The Labute approximate surface area is 168 Å². The molecule has 0 unspecified atom stereocenters. The zero-order valence-electron chi connectivity index (χ0n) is 16.0. The number of nitrogens with one attached hydrogen (secondary N) is 2. The number of carbonyl (C=O) groups excluding carboxylic acids is 3. The molecule has 4 amide bonds. The quantitative estimate of drug-likeness (QED) is 0.656. The molecule has 3 aromatic rings. The van der Waals surface area contributed by atoms with Gasteiger partial charge in [0.2, 0.25) is 5.91 Å². The van der Waals surface area contributed by atoms with Gasteiger partial charge < -0.3 is 10.6 Å². The molecule has 146 valence electrons. The Morgan fingerprint density at radius 3 is 2.41 bits per heavy atom. The van der Waals surface area contributed by atoms with E-state index in [0.717, 1.165) is 15.7 Å². The van der Waals surface area contributed by atoms with Gasteiger partial charge in [-0.25, -0.2) is 4.79 Å². The highest BCUT2D eigenvalue weighted by molar-refractivity contribution is 6.11. The number of imide groups is 1. The van der Waals surface area contributed by atoms with Crippen molar-refractivity contribution in [1.82, 2.24) is 10.2 Å². The molecule has 3 aromatic carbocycles. The van der Waals surface area contributed by atoms with Crippen LogP contribution in [-0.4, -0.2) is 29.3 Å². The second-order valence-corrected chi connectivity index (χ2v) is 7.02. The van der Waals surface area contributed by atoms with Crippen LogP contribution >= 0.6 is 0 Å². The molecule has 1 heterocycles. The predicted octanol–water partition coefficient (Wildman–Crippen LogP) is 3.64. The highest BCUT2D eigenvalue weighted by Gasteiger charge is 2.51. The summed E-state index contributed by atoms with van der Waals surface area (Å²) in [5, 5.41) is 7.51. The molecule has 6 heteroatoms. The molecule has 1 aliphatic heterocycles. The minimum absolute atomic E-state index is 0.345.